The minimum atomic E-state index is -4.93. The van der Waals surface area contributed by atoms with Gasteiger partial charge in [-0.1, -0.05) is 329 Å². The highest BCUT2D eigenvalue weighted by Crippen LogP contribution is 2.45. The SMILES string of the molecule is CC/C=C\C/C=C\C/C=C\C/C=C\C/C=C\CCCCCCCCCCCCCCCCCCCC(=O)OCC(O)COP(=O)(O)OCC(O)COP(=O)(O)OCC(COC(=O)CCCCCC/C=C\C/C=C\C/C=C\C/C=C\CC)OC(=O)CCCCCCCCCCCCCCCCC. The van der Waals surface area contributed by atoms with Crippen LogP contribution in [0.2, 0.25) is 0 Å². The molecule has 0 saturated carbocycles. The van der Waals surface area contributed by atoms with Gasteiger partial charge in [0.15, 0.2) is 6.10 Å². The summed E-state index contributed by atoms with van der Waals surface area (Å²) in [7, 11) is -9.79. The molecule has 0 aliphatic carbocycles. The van der Waals surface area contributed by atoms with Crippen LogP contribution in [0, 0.1) is 0 Å². The van der Waals surface area contributed by atoms with Crippen molar-refractivity contribution >= 4 is 33.6 Å². The lowest BCUT2D eigenvalue weighted by Crippen LogP contribution is -2.30. The van der Waals surface area contributed by atoms with Crippen LogP contribution in [0.4, 0.5) is 0 Å². The van der Waals surface area contributed by atoms with Crippen LogP contribution in [0.3, 0.4) is 0 Å². The van der Waals surface area contributed by atoms with Crippen molar-refractivity contribution < 1.29 is 75.8 Å². The Bertz CT molecular complexity index is 2270. The third-order valence-corrected chi connectivity index (χ3v) is 18.9. The molecule has 5 unspecified atom stereocenters. The summed E-state index contributed by atoms with van der Waals surface area (Å²) in [5, 5.41) is 20.6. The average Bonchev–Trinajstić information content (AvgIpc) is 1.12. The van der Waals surface area contributed by atoms with Gasteiger partial charge in [0.1, 0.15) is 25.4 Å². The fourth-order valence-corrected chi connectivity index (χ4v) is 12.5. The van der Waals surface area contributed by atoms with E-state index in [2.05, 4.69) is 130 Å². The standard InChI is InChI=1S/C83H146O16P2/c1-4-7-10-13-16-19-22-25-28-30-31-32-33-34-35-36-37-38-39-40-41-42-43-44-45-47-50-51-54-57-60-63-66-69-81(86)93-72-78(84)73-95-100(89,90)96-74-79(85)75-97-101(91,92)98-77-80(99-83(88)71-68-65-62-59-56-53-48-27-24-21-18-15-12-9-6-3)76-94-82(87)70-67-64-61-58-55-52-49-46-29-26-23-20-17-14-11-8-5-2/h7-8,10-11,16-17,19-20,25-26,28-29,31-32,34-35,49,52,78-80,84-85H,4-6,9,12-15,18,21-24,27,30,33,36-48,50-51,53-77H2,1-3H3,(H,89,90)(H,91,92)/b10-7-,11-8-,19-16-,20-17-,28-25-,29-26-,32-31-,35-34-,52-49-. The maximum Gasteiger partial charge on any atom is 0.472 e. The molecule has 0 fully saturated rings. The smallest absolute Gasteiger partial charge is 0.463 e. The first-order valence-corrected chi connectivity index (χ1v) is 43.2. The summed E-state index contributed by atoms with van der Waals surface area (Å²) in [5.41, 5.74) is 0. The van der Waals surface area contributed by atoms with Crippen LogP contribution in [-0.4, -0.2) is 95.9 Å². The van der Waals surface area contributed by atoms with Crippen LogP contribution in [0.15, 0.2) is 109 Å². The summed E-state index contributed by atoms with van der Waals surface area (Å²) in [5.74, 6) is -1.59. The minimum absolute atomic E-state index is 0.102. The Kier molecular flexibility index (Phi) is 73.0. The van der Waals surface area contributed by atoms with E-state index in [9.17, 15) is 43.5 Å². The van der Waals surface area contributed by atoms with Gasteiger partial charge >= 0.3 is 33.6 Å². The van der Waals surface area contributed by atoms with Crippen molar-refractivity contribution in [2.24, 2.45) is 0 Å². The van der Waals surface area contributed by atoms with Crippen molar-refractivity contribution in [2.45, 2.75) is 360 Å². The summed E-state index contributed by atoms with van der Waals surface area (Å²) in [4.78, 5) is 58.6. The first-order valence-electron chi connectivity index (χ1n) is 40.2. The molecule has 18 heteroatoms. The highest BCUT2D eigenvalue weighted by atomic mass is 31.2. The Labute approximate surface area is 615 Å². The number of allylic oxidation sites excluding steroid dienone is 18. The van der Waals surface area contributed by atoms with E-state index in [-0.39, 0.29) is 19.3 Å². The van der Waals surface area contributed by atoms with Crippen molar-refractivity contribution in [1.82, 2.24) is 0 Å². The van der Waals surface area contributed by atoms with Crippen LogP contribution in [0.1, 0.15) is 342 Å². The topological polar surface area (TPSA) is 231 Å². The fourth-order valence-electron chi connectivity index (χ4n) is 10.9. The second-order valence-corrected chi connectivity index (χ2v) is 29.7. The molecule has 0 aromatic heterocycles. The molecule has 0 rings (SSSR count). The average molecular weight is 1460 g/mol. The molecular weight excluding hydrogens is 1310 g/mol. The number of unbranched alkanes of at least 4 members (excludes halogenated alkanes) is 35. The van der Waals surface area contributed by atoms with Gasteiger partial charge in [-0.3, -0.25) is 32.5 Å². The summed E-state index contributed by atoms with van der Waals surface area (Å²) in [6.45, 7) is 2.47. The lowest BCUT2D eigenvalue weighted by atomic mass is 10.0. The predicted molar refractivity (Wildman–Crippen MR) is 417 cm³/mol. The highest BCUT2D eigenvalue weighted by molar-refractivity contribution is 7.47. The Morgan fingerprint density at radius 1 is 0.287 bits per heavy atom. The van der Waals surface area contributed by atoms with E-state index < -0.39 is 91.5 Å². The lowest BCUT2D eigenvalue weighted by Gasteiger charge is -2.21. The van der Waals surface area contributed by atoms with Gasteiger partial charge in [-0.15, -0.1) is 0 Å². The Morgan fingerprint density at radius 2 is 0.525 bits per heavy atom. The quantitative estimate of drug-likeness (QED) is 0.0146. The van der Waals surface area contributed by atoms with E-state index in [4.69, 9.17) is 32.3 Å². The summed E-state index contributed by atoms with van der Waals surface area (Å²) in [6, 6.07) is 0. The molecule has 0 aliphatic heterocycles. The van der Waals surface area contributed by atoms with E-state index in [1.807, 2.05) is 0 Å². The number of carbonyl (C=O) groups excluding carboxylic acids is 3. The van der Waals surface area contributed by atoms with E-state index >= 15 is 0 Å². The second kappa shape index (κ2) is 75.9. The van der Waals surface area contributed by atoms with E-state index in [0.29, 0.717) is 19.3 Å². The number of phosphoric acid groups is 2. The number of ether oxygens (including phenoxy) is 3. The van der Waals surface area contributed by atoms with Crippen LogP contribution in [0.25, 0.3) is 0 Å². The third kappa shape index (κ3) is 77.1. The molecule has 0 saturated heterocycles. The van der Waals surface area contributed by atoms with Gasteiger partial charge in [0.05, 0.1) is 26.4 Å². The molecule has 5 atom stereocenters. The number of hydrogen-bond donors (Lipinski definition) is 4. The Hall–Kier alpha value is -3.79. The van der Waals surface area contributed by atoms with Crippen LogP contribution >= 0.6 is 15.6 Å². The first-order chi connectivity index (χ1) is 49.2. The molecular formula is C83H146O16P2. The molecule has 584 valence electrons. The molecule has 0 amide bonds. The largest absolute Gasteiger partial charge is 0.472 e. The number of phosphoric ester groups is 2. The number of aliphatic hydroxyl groups excluding tert-OH is 2. The van der Waals surface area contributed by atoms with Gasteiger partial charge in [0.2, 0.25) is 0 Å². The second-order valence-electron chi connectivity index (χ2n) is 26.8. The summed E-state index contributed by atoms with van der Waals surface area (Å²) < 4.78 is 61.1. The zero-order valence-corrected chi connectivity index (χ0v) is 65.6. The van der Waals surface area contributed by atoms with Crippen molar-refractivity contribution in [1.29, 1.82) is 0 Å². The van der Waals surface area contributed by atoms with Crippen molar-refractivity contribution in [3.05, 3.63) is 109 Å². The van der Waals surface area contributed by atoms with E-state index in [1.54, 1.807) is 0 Å². The molecule has 0 aliphatic rings. The van der Waals surface area contributed by atoms with Crippen LogP contribution in [-0.2, 0) is 55.8 Å². The summed E-state index contributed by atoms with van der Waals surface area (Å²) >= 11 is 0. The van der Waals surface area contributed by atoms with Crippen LogP contribution < -0.4 is 0 Å². The van der Waals surface area contributed by atoms with Crippen molar-refractivity contribution in [2.75, 3.05) is 39.6 Å². The third-order valence-electron chi connectivity index (χ3n) is 17.0. The monoisotopic (exact) mass is 1460 g/mol. The van der Waals surface area contributed by atoms with Gasteiger partial charge in [-0.25, -0.2) is 9.13 Å². The number of rotatable bonds is 76. The fraction of sp³-hybridized carbons (Fsp3) is 0.747. The normalized spacial score (nSPS) is 14.6. The first kappa shape index (κ1) is 97.2. The number of hydrogen-bond acceptors (Lipinski definition) is 14. The zero-order chi connectivity index (χ0) is 73.7. The molecule has 0 heterocycles. The number of carbonyl (C=O) groups is 3. The molecule has 0 aromatic carbocycles. The Morgan fingerprint density at radius 3 is 0.832 bits per heavy atom. The van der Waals surface area contributed by atoms with Gasteiger partial charge in [0, 0.05) is 19.3 Å². The summed E-state index contributed by atoms with van der Waals surface area (Å²) in [6.07, 6.45) is 88.7. The lowest BCUT2D eigenvalue weighted by molar-refractivity contribution is -0.161. The van der Waals surface area contributed by atoms with Crippen molar-refractivity contribution in [3.63, 3.8) is 0 Å². The highest BCUT2D eigenvalue weighted by Gasteiger charge is 2.29. The van der Waals surface area contributed by atoms with Gasteiger partial charge < -0.3 is 34.2 Å². The molecule has 101 heavy (non-hydrogen) atoms. The zero-order valence-electron chi connectivity index (χ0n) is 63.8. The maximum absolute atomic E-state index is 13.0. The minimum Gasteiger partial charge on any atom is -0.463 e. The van der Waals surface area contributed by atoms with Crippen LogP contribution in [0.5, 0.6) is 0 Å². The number of esters is 3. The van der Waals surface area contributed by atoms with Gasteiger partial charge in [-0.05, 0) is 103 Å². The molecule has 0 bridgehead atoms. The van der Waals surface area contributed by atoms with Gasteiger partial charge in [0.25, 0.3) is 0 Å². The molecule has 0 radical (unpaired) electrons. The number of aliphatic hydroxyl groups is 2. The van der Waals surface area contributed by atoms with E-state index in [1.165, 1.54) is 154 Å². The molecule has 0 spiro atoms. The van der Waals surface area contributed by atoms with Gasteiger partial charge in [-0.2, -0.15) is 0 Å². The molecule has 4 N–H and O–H groups in total. The Balaban J connectivity index is 4.41. The van der Waals surface area contributed by atoms with Crippen molar-refractivity contribution in [3.8, 4) is 0 Å². The predicted octanol–water partition coefficient (Wildman–Crippen LogP) is 23.5. The maximum atomic E-state index is 13.0. The molecule has 16 nitrogen and oxygen atoms in total. The molecule has 0 aromatic rings. The van der Waals surface area contributed by atoms with E-state index in [0.717, 1.165) is 128 Å².